The van der Waals surface area contributed by atoms with Crippen molar-refractivity contribution in [3.05, 3.63) is 36.0 Å². The van der Waals surface area contributed by atoms with Crippen LogP contribution in [0, 0.1) is 0 Å². The van der Waals surface area contributed by atoms with E-state index in [1.165, 1.54) is 0 Å². The lowest BCUT2D eigenvalue weighted by Crippen LogP contribution is -2.33. The van der Waals surface area contributed by atoms with Gasteiger partial charge in [0.15, 0.2) is 6.61 Å². The number of rotatable bonds is 6. The zero-order valence-corrected chi connectivity index (χ0v) is 11.1. The van der Waals surface area contributed by atoms with E-state index in [1.807, 2.05) is 30.3 Å². The summed E-state index contributed by atoms with van der Waals surface area (Å²) in [4.78, 5) is 36.1. The molecule has 0 saturated heterocycles. The Kier molecular flexibility index (Phi) is 4.55. The summed E-state index contributed by atoms with van der Waals surface area (Å²) in [6, 6.07) is 9.42. The minimum absolute atomic E-state index is 0.0148. The van der Waals surface area contributed by atoms with Gasteiger partial charge in [0.1, 0.15) is 6.54 Å². The van der Waals surface area contributed by atoms with Crippen molar-refractivity contribution in [3.63, 3.8) is 0 Å². The lowest BCUT2D eigenvalue weighted by Gasteiger charge is -2.04. The third-order valence-corrected chi connectivity index (χ3v) is 2.72. The zero-order chi connectivity index (χ0) is 15.2. The summed E-state index contributed by atoms with van der Waals surface area (Å²) in [6.45, 7) is -0.995. The summed E-state index contributed by atoms with van der Waals surface area (Å²) in [6.07, 6.45) is 0.0148. The molecule has 2 aromatic rings. The monoisotopic (exact) mass is 290 g/mol. The molecule has 0 unspecified atom stereocenters. The molecule has 21 heavy (non-hydrogen) atoms. The lowest BCUT2D eigenvalue weighted by molar-refractivity contribution is -0.148. The highest BCUT2D eigenvalue weighted by Crippen LogP contribution is 2.15. The summed E-state index contributed by atoms with van der Waals surface area (Å²) < 4.78 is 4.77. The number of aromatic nitrogens is 1. The highest BCUT2D eigenvalue weighted by atomic mass is 16.5. The van der Waals surface area contributed by atoms with Gasteiger partial charge >= 0.3 is 11.9 Å². The van der Waals surface area contributed by atoms with E-state index < -0.39 is 31.0 Å². The maximum absolute atomic E-state index is 11.6. The number of benzene rings is 1. The Morgan fingerprint density at radius 3 is 2.71 bits per heavy atom. The zero-order valence-electron chi connectivity index (χ0n) is 11.1. The minimum atomic E-state index is -1.16. The van der Waals surface area contributed by atoms with Crippen LogP contribution < -0.4 is 5.32 Å². The van der Waals surface area contributed by atoms with Crippen LogP contribution in [0.2, 0.25) is 0 Å². The summed E-state index contributed by atoms with van der Waals surface area (Å²) >= 11 is 0. The van der Waals surface area contributed by atoms with E-state index in [-0.39, 0.29) is 6.42 Å². The Balaban J connectivity index is 1.81. The van der Waals surface area contributed by atoms with Gasteiger partial charge in [-0.3, -0.25) is 14.4 Å². The van der Waals surface area contributed by atoms with Crippen molar-refractivity contribution < 1.29 is 24.2 Å². The molecular formula is C14H14N2O5. The summed E-state index contributed by atoms with van der Waals surface area (Å²) in [5, 5.41) is 11.5. The van der Waals surface area contributed by atoms with Gasteiger partial charge in [-0.15, -0.1) is 0 Å². The molecule has 0 bridgehead atoms. The Hall–Kier alpha value is -2.83. The molecule has 7 nitrogen and oxygen atoms in total. The Morgan fingerprint density at radius 1 is 1.24 bits per heavy atom. The Labute approximate surface area is 119 Å². The third kappa shape index (κ3) is 4.34. The lowest BCUT2D eigenvalue weighted by atomic mass is 10.2. The fourth-order valence-corrected chi connectivity index (χ4v) is 1.81. The van der Waals surface area contributed by atoms with E-state index in [9.17, 15) is 14.4 Å². The molecule has 3 N–H and O–H groups in total. The van der Waals surface area contributed by atoms with Crippen LogP contribution in [0.25, 0.3) is 10.9 Å². The van der Waals surface area contributed by atoms with Gasteiger partial charge in [0, 0.05) is 11.2 Å². The van der Waals surface area contributed by atoms with E-state index in [4.69, 9.17) is 9.84 Å². The molecule has 1 heterocycles. The van der Waals surface area contributed by atoms with Crippen molar-refractivity contribution in [2.24, 2.45) is 0 Å². The molecule has 1 amide bonds. The smallest absolute Gasteiger partial charge is 0.322 e. The quantitative estimate of drug-likeness (QED) is 0.669. The van der Waals surface area contributed by atoms with Gasteiger partial charge in [0.2, 0.25) is 0 Å². The number of ether oxygens (including phenoxy) is 1. The van der Waals surface area contributed by atoms with Crippen molar-refractivity contribution in [1.29, 1.82) is 0 Å². The second kappa shape index (κ2) is 6.56. The number of esters is 1. The number of carboxylic acid groups (broad SMARTS) is 1. The standard InChI is InChI=1S/C14H14N2O5/c17-12(15-7-13(18)19)8-21-14(20)6-10-5-9-3-1-2-4-11(9)16-10/h1-5,16H,6-8H2,(H,15,17)(H,18,19). The number of carbonyl (C=O) groups is 3. The van der Waals surface area contributed by atoms with Crippen molar-refractivity contribution >= 4 is 28.7 Å². The molecular weight excluding hydrogens is 276 g/mol. The minimum Gasteiger partial charge on any atom is -0.480 e. The van der Waals surface area contributed by atoms with E-state index in [0.717, 1.165) is 10.9 Å². The largest absolute Gasteiger partial charge is 0.480 e. The molecule has 0 radical (unpaired) electrons. The van der Waals surface area contributed by atoms with Crippen LogP contribution >= 0.6 is 0 Å². The molecule has 0 spiro atoms. The topological polar surface area (TPSA) is 108 Å². The number of carbonyl (C=O) groups excluding carboxylic acids is 2. The van der Waals surface area contributed by atoms with Crippen LogP contribution in [0.1, 0.15) is 5.69 Å². The molecule has 7 heteroatoms. The van der Waals surface area contributed by atoms with Gasteiger partial charge in [-0.1, -0.05) is 18.2 Å². The molecule has 0 atom stereocenters. The number of hydrogen-bond acceptors (Lipinski definition) is 4. The Bertz CT molecular complexity index is 644. The molecule has 2 rings (SSSR count). The fraction of sp³-hybridized carbons (Fsp3) is 0.214. The maximum atomic E-state index is 11.6. The van der Waals surface area contributed by atoms with Crippen LogP contribution in [0.4, 0.5) is 0 Å². The Morgan fingerprint density at radius 2 is 2.00 bits per heavy atom. The van der Waals surface area contributed by atoms with Crippen molar-refractivity contribution in [2.45, 2.75) is 6.42 Å². The van der Waals surface area contributed by atoms with E-state index in [2.05, 4.69) is 10.3 Å². The summed E-state index contributed by atoms with van der Waals surface area (Å²) in [5.74, 6) is -2.37. The van der Waals surface area contributed by atoms with Gasteiger partial charge in [-0.05, 0) is 17.5 Å². The first-order chi connectivity index (χ1) is 10.0. The molecule has 0 fully saturated rings. The van der Waals surface area contributed by atoms with Gasteiger partial charge in [-0.25, -0.2) is 0 Å². The average molecular weight is 290 g/mol. The molecule has 0 aliphatic heterocycles. The first-order valence-corrected chi connectivity index (χ1v) is 6.25. The fourth-order valence-electron chi connectivity index (χ4n) is 1.81. The first-order valence-electron chi connectivity index (χ1n) is 6.25. The van der Waals surface area contributed by atoms with Gasteiger partial charge in [0.05, 0.1) is 6.42 Å². The predicted octanol–water partition coefficient (Wildman–Crippen LogP) is 0.454. The molecule has 1 aromatic heterocycles. The third-order valence-electron chi connectivity index (χ3n) is 2.72. The molecule has 110 valence electrons. The number of aromatic amines is 1. The number of aliphatic carboxylic acids is 1. The van der Waals surface area contributed by atoms with E-state index >= 15 is 0 Å². The second-order valence-electron chi connectivity index (χ2n) is 4.39. The molecule has 1 aromatic carbocycles. The summed E-state index contributed by atoms with van der Waals surface area (Å²) in [7, 11) is 0. The summed E-state index contributed by atoms with van der Waals surface area (Å²) in [5.41, 5.74) is 1.60. The second-order valence-corrected chi connectivity index (χ2v) is 4.39. The highest BCUT2D eigenvalue weighted by molar-refractivity contribution is 5.85. The number of fused-ring (bicyclic) bond motifs is 1. The highest BCUT2D eigenvalue weighted by Gasteiger charge is 2.10. The van der Waals surface area contributed by atoms with Crippen LogP contribution in [0.3, 0.4) is 0 Å². The number of carboxylic acids is 1. The first kappa shape index (κ1) is 14.6. The van der Waals surface area contributed by atoms with Crippen molar-refractivity contribution in [1.82, 2.24) is 10.3 Å². The van der Waals surface area contributed by atoms with Gasteiger partial charge < -0.3 is 20.1 Å². The van der Waals surface area contributed by atoms with Crippen LogP contribution in [-0.4, -0.2) is 41.1 Å². The number of nitrogens with one attached hydrogen (secondary N) is 2. The number of H-pyrrole nitrogens is 1. The number of hydrogen-bond donors (Lipinski definition) is 3. The predicted molar refractivity (Wildman–Crippen MR) is 73.6 cm³/mol. The average Bonchev–Trinajstić information content (AvgIpc) is 2.84. The van der Waals surface area contributed by atoms with Gasteiger partial charge in [0.25, 0.3) is 5.91 Å². The van der Waals surface area contributed by atoms with Crippen LogP contribution in [-0.2, 0) is 25.5 Å². The number of para-hydroxylation sites is 1. The van der Waals surface area contributed by atoms with E-state index in [0.29, 0.717) is 5.69 Å². The van der Waals surface area contributed by atoms with Crippen LogP contribution in [0.15, 0.2) is 30.3 Å². The SMILES string of the molecule is O=C(O)CNC(=O)COC(=O)Cc1cc2ccccc2[nH]1. The molecule has 0 aliphatic carbocycles. The van der Waals surface area contributed by atoms with Crippen molar-refractivity contribution in [2.75, 3.05) is 13.2 Å². The molecule has 0 aliphatic rings. The number of amides is 1. The molecule has 0 saturated carbocycles. The van der Waals surface area contributed by atoms with Crippen LogP contribution in [0.5, 0.6) is 0 Å². The van der Waals surface area contributed by atoms with Gasteiger partial charge in [-0.2, -0.15) is 0 Å². The normalized spacial score (nSPS) is 10.3. The van der Waals surface area contributed by atoms with Crippen molar-refractivity contribution in [3.8, 4) is 0 Å². The maximum Gasteiger partial charge on any atom is 0.322 e. The van der Waals surface area contributed by atoms with E-state index in [1.54, 1.807) is 0 Å².